The molecule has 0 bridgehead atoms. The predicted molar refractivity (Wildman–Crippen MR) is 170 cm³/mol. The van der Waals surface area contributed by atoms with Crippen LogP contribution in [0.5, 0.6) is 0 Å². The van der Waals surface area contributed by atoms with Gasteiger partial charge in [-0.05, 0) is 86.2 Å². The number of morpholine rings is 1. The number of carbonyl (C=O) groups excluding carboxylic acids is 1. The number of ether oxygens (including phenoxy) is 1. The Kier molecular flexibility index (Phi) is 8.21. The van der Waals surface area contributed by atoms with Crippen LogP contribution in [-0.4, -0.2) is 58.3 Å². The monoisotopic (exact) mass is 580 g/mol. The van der Waals surface area contributed by atoms with Gasteiger partial charge in [-0.3, -0.25) is 9.78 Å². The number of anilines is 2. The number of hydrogen-bond acceptors (Lipinski definition) is 5. The van der Waals surface area contributed by atoms with Gasteiger partial charge in [0.25, 0.3) is 0 Å². The average molecular weight is 581 g/mol. The van der Waals surface area contributed by atoms with Crippen molar-refractivity contribution in [1.82, 2.24) is 19.8 Å². The van der Waals surface area contributed by atoms with Crippen LogP contribution in [0.3, 0.4) is 0 Å². The van der Waals surface area contributed by atoms with E-state index in [1.54, 1.807) is 0 Å². The maximum absolute atomic E-state index is 12.9. The quantitative estimate of drug-likeness (QED) is 0.273. The summed E-state index contributed by atoms with van der Waals surface area (Å²) in [6, 6.07) is 26.2. The Bertz CT molecular complexity index is 1530. The van der Waals surface area contributed by atoms with Gasteiger partial charge in [-0.1, -0.05) is 24.3 Å². The zero-order valence-electron chi connectivity index (χ0n) is 24.0. The molecule has 2 atom stereocenters. The maximum atomic E-state index is 12.9. The minimum atomic E-state index is -0.145. The minimum absolute atomic E-state index is 0.0464. The zero-order chi connectivity index (χ0) is 29.1. The summed E-state index contributed by atoms with van der Waals surface area (Å²) in [6.45, 7) is 8.13. The number of hydrogen-bond donors (Lipinski definition) is 2. The van der Waals surface area contributed by atoms with Crippen molar-refractivity contribution in [3.05, 3.63) is 108 Å². The van der Waals surface area contributed by atoms with Crippen molar-refractivity contribution in [2.24, 2.45) is 0 Å². The minimum Gasteiger partial charge on any atom is -0.378 e. The molecule has 2 fully saturated rings. The Hall–Kier alpha value is -4.21. The summed E-state index contributed by atoms with van der Waals surface area (Å²) in [5, 5.41) is 7.14. The Morgan fingerprint density at radius 1 is 1.00 bits per heavy atom. The van der Waals surface area contributed by atoms with E-state index in [9.17, 15) is 4.79 Å². The lowest BCUT2D eigenvalue weighted by Crippen LogP contribution is -2.36. The van der Waals surface area contributed by atoms with Crippen molar-refractivity contribution < 1.29 is 9.53 Å². The van der Waals surface area contributed by atoms with Crippen LogP contribution in [0.15, 0.2) is 85.1 Å². The highest BCUT2D eigenvalue weighted by Crippen LogP contribution is 2.41. The number of benzene rings is 2. The molecule has 2 N–H and O–H groups in total. The average Bonchev–Trinajstić information content (AvgIpc) is 3.51. The first-order valence-corrected chi connectivity index (χ1v) is 14.9. The van der Waals surface area contributed by atoms with E-state index in [0.717, 1.165) is 60.3 Å². The summed E-state index contributed by atoms with van der Waals surface area (Å²) >= 11 is 5.86. The van der Waals surface area contributed by atoms with Crippen LogP contribution in [0.2, 0.25) is 0 Å². The summed E-state index contributed by atoms with van der Waals surface area (Å²) in [5.74, 6) is -0.0464. The van der Waals surface area contributed by atoms with Gasteiger partial charge >= 0.3 is 0 Å². The number of rotatable bonds is 8. The fourth-order valence-electron chi connectivity index (χ4n) is 6.07. The summed E-state index contributed by atoms with van der Waals surface area (Å²) < 4.78 is 7.82. The van der Waals surface area contributed by atoms with Crippen LogP contribution in [0, 0.1) is 13.8 Å². The second kappa shape index (κ2) is 12.3. The van der Waals surface area contributed by atoms with Crippen LogP contribution < -0.4 is 15.5 Å². The molecule has 2 aliphatic rings. The van der Waals surface area contributed by atoms with Gasteiger partial charge in [-0.25, -0.2) is 0 Å². The van der Waals surface area contributed by atoms with Gasteiger partial charge in [0.2, 0.25) is 5.91 Å². The number of aryl methyl sites for hydroxylation is 1. The van der Waals surface area contributed by atoms with Gasteiger partial charge in [0.1, 0.15) is 0 Å². The number of nitrogens with one attached hydrogen (secondary N) is 2. The van der Waals surface area contributed by atoms with Gasteiger partial charge in [-0.15, -0.1) is 0 Å². The number of pyridine rings is 1. The summed E-state index contributed by atoms with van der Waals surface area (Å²) in [4.78, 5) is 22.1. The summed E-state index contributed by atoms with van der Waals surface area (Å²) in [5.41, 5.74) is 7.48. The highest BCUT2D eigenvalue weighted by molar-refractivity contribution is 7.80. The lowest BCUT2D eigenvalue weighted by molar-refractivity contribution is -0.116. The van der Waals surface area contributed by atoms with Crippen LogP contribution >= 0.6 is 12.2 Å². The van der Waals surface area contributed by atoms with E-state index < -0.39 is 0 Å². The lowest BCUT2D eigenvalue weighted by Gasteiger charge is -2.29. The molecule has 42 heavy (non-hydrogen) atoms. The maximum Gasteiger partial charge on any atom is 0.226 e. The predicted octanol–water partition coefficient (Wildman–Crippen LogP) is 5.33. The fraction of sp³-hybridized carbons (Fsp3) is 0.303. The lowest BCUT2D eigenvalue weighted by atomic mass is 9.96. The van der Waals surface area contributed by atoms with E-state index in [1.165, 1.54) is 5.69 Å². The number of nitrogens with zero attached hydrogens (tertiary/aromatic N) is 4. The molecule has 2 aromatic heterocycles. The van der Waals surface area contributed by atoms with E-state index in [-0.39, 0.29) is 18.0 Å². The molecule has 9 heteroatoms. The van der Waals surface area contributed by atoms with Crippen molar-refractivity contribution in [3.63, 3.8) is 0 Å². The molecule has 216 valence electrons. The van der Waals surface area contributed by atoms with E-state index in [0.29, 0.717) is 18.1 Å². The first-order chi connectivity index (χ1) is 20.5. The number of carbonyl (C=O) groups is 1. The normalized spacial score (nSPS) is 18.7. The summed E-state index contributed by atoms with van der Waals surface area (Å²) in [6.07, 6.45) is 2.12. The third-order valence-corrected chi connectivity index (χ3v) is 8.46. The second-order valence-corrected chi connectivity index (χ2v) is 11.1. The van der Waals surface area contributed by atoms with E-state index >= 15 is 0 Å². The van der Waals surface area contributed by atoms with Gasteiger partial charge in [0.15, 0.2) is 5.11 Å². The molecular formula is C33H36N6O2S. The fourth-order valence-corrected chi connectivity index (χ4v) is 6.40. The van der Waals surface area contributed by atoms with Crippen molar-refractivity contribution in [3.8, 4) is 5.69 Å². The molecule has 0 unspecified atom stereocenters. The Labute approximate surface area is 252 Å². The Balaban J connectivity index is 1.29. The van der Waals surface area contributed by atoms with Gasteiger partial charge < -0.3 is 29.7 Å². The Morgan fingerprint density at radius 2 is 1.71 bits per heavy atom. The van der Waals surface area contributed by atoms with Gasteiger partial charge in [-0.2, -0.15) is 0 Å². The summed E-state index contributed by atoms with van der Waals surface area (Å²) in [7, 11) is 0. The molecule has 4 aromatic rings. The molecule has 6 rings (SSSR count). The molecule has 0 spiro atoms. The molecule has 1 amide bonds. The Morgan fingerprint density at radius 3 is 2.43 bits per heavy atom. The highest BCUT2D eigenvalue weighted by Gasteiger charge is 2.41. The van der Waals surface area contributed by atoms with Crippen molar-refractivity contribution >= 4 is 34.6 Å². The zero-order valence-corrected chi connectivity index (χ0v) is 24.8. The third-order valence-electron chi connectivity index (χ3n) is 8.11. The van der Waals surface area contributed by atoms with E-state index in [1.807, 2.05) is 54.7 Å². The largest absolute Gasteiger partial charge is 0.378 e. The van der Waals surface area contributed by atoms with Crippen LogP contribution in [0.4, 0.5) is 11.4 Å². The van der Waals surface area contributed by atoms with Crippen LogP contribution in [0.25, 0.3) is 5.69 Å². The molecule has 2 aromatic carbocycles. The number of thiocarbonyl (C=S) groups is 1. The first-order valence-electron chi connectivity index (χ1n) is 14.4. The molecule has 0 aliphatic carbocycles. The van der Waals surface area contributed by atoms with Crippen LogP contribution in [0.1, 0.15) is 41.1 Å². The molecular weight excluding hydrogens is 544 g/mol. The molecule has 2 saturated heterocycles. The van der Waals surface area contributed by atoms with Crippen molar-refractivity contribution in [1.29, 1.82) is 0 Å². The number of para-hydroxylation sites is 1. The molecule has 0 saturated carbocycles. The molecule has 4 heterocycles. The van der Waals surface area contributed by atoms with E-state index in [4.69, 9.17) is 17.0 Å². The standard InChI is InChI=1S/C33H36N6O2S/c1-23-22-28(24(2)39(23)27-13-11-26(12-14-27)37-18-20-41-21-19-37)32-31(29-10-6-7-16-34-29)36-33(42)38(32)17-15-30(40)35-25-8-4-3-5-9-25/h3-14,16,22,31-32H,15,17-21H2,1-2H3,(H,35,40)(H,36,42)/t31-,32-/m1/s1. The van der Waals surface area contributed by atoms with Gasteiger partial charge in [0.05, 0.1) is 31.0 Å². The smallest absolute Gasteiger partial charge is 0.226 e. The third kappa shape index (κ3) is 5.75. The van der Waals surface area contributed by atoms with Crippen molar-refractivity contribution in [2.75, 3.05) is 43.1 Å². The molecule has 2 aliphatic heterocycles. The number of amides is 1. The first kappa shape index (κ1) is 27.9. The van der Waals surface area contributed by atoms with Crippen molar-refractivity contribution in [2.45, 2.75) is 32.4 Å². The number of aromatic nitrogens is 2. The SMILES string of the molecule is Cc1cc([C@@H]2[C@@H](c3ccccn3)NC(=S)N2CCC(=O)Nc2ccccc2)c(C)n1-c1ccc(N2CCOCC2)cc1. The second-order valence-electron chi connectivity index (χ2n) is 10.8. The molecule has 8 nitrogen and oxygen atoms in total. The van der Waals surface area contributed by atoms with Crippen LogP contribution in [-0.2, 0) is 9.53 Å². The van der Waals surface area contributed by atoms with Gasteiger partial charge in [0, 0.05) is 60.7 Å². The topological polar surface area (TPSA) is 74.7 Å². The highest BCUT2D eigenvalue weighted by atomic mass is 32.1. The van der Waals surface area contributed by atoms with E-state index in [2.05, 4.69) is 74.2 Å². The molecule has 0 radical (unpaired) electrons.